The van der Waals surface area contributed by atoms with Crippen LogP contribution in [-0.4, -0.2) is 25.1 Å². The first-order valence-corrected chi connectivity index (χ1v) is 7.65. The highest BCUT2D eigenvalue weighted by molar-refractivity contribution is 5.93. The summed E-state index contributed by atoms with van der Waals surface area (Å²) < 4.78 is 10.1. The van der Waals surface area contributed by atoms with E-state index in [1.807, 2.05) is 32.0 Å². The van der Waals surface area contributed by atoms with Crippen LogP contribution in [0.2, 0.25) is 0 Å². The number of carbonyl (C=O) groups is 2. The fourth-order valence-electron chi connectivity index (χ4n) is 2.08. The van der Waals surface area contributed by atoms with E-state index in [4.69, 9.17) is 14.7 Å². The van der Waals surface area contributed by atoms with E-state index in [1.165, 1.54) is 0 Å². The van der Waals surface area contributed by atoms with Crippen LogP contribution in [0.1, 0.15) is 16.7 Å². The number of rotatable bonds is 6. The van der Waals surface area contributed by atoms with Crippen molar-refractivity contribution in [2.24, 2.45) is 0 Å². The van der Waals surface area contributed by atoms with Gasteiger partial charge in [0, 0.05) is 5.69 Å². The molecular weight excluding hydrogens is 320 g/mol. The molecule has 0 unspecified atom stereocenters. The number of benzene rings is 2. The van der Waals surface area contributed by atoms with E-state index >= 15 is 0 Å². The van der Waals surface area contributed by atoms with E-state index in [0.717, 1.165) is 11.1 Å². The third kappa shape index (κ3) is 5.08. The van der Waals surface area contributed by atoms with Crippen LogP contribution in [0.3, 0.4) is 0 Å². The molecule has 0 fully saturated rings. The largest absolute Gasteiger partial charge is 0.481 e. The van der Waals surface area contributed by atoms with E-state index in [0.29, 0.717) is 17.0 Å². The number of anilines is 1. The Morgan fingerprint density at radius 3 is 2.60 bits per heavy atom. The Balaban J connectivity index is 1.81. The van der Waals surface area contributed by atoms with Crippen molar-refractivity contribution in [3.8, 4) is 11.8 Å². The molecule has 2 rings (SSSR count). The number of amides is 1. The first kappa shape index (κ1) is 18.0. The summed E-state index contributed by atoms with van der Waals surface area (Å²) in [5.41, 5.74) is 3.01. The molecule has 25 heavy (non-hydrogen) atoms. The first-order chi connectivity index (χ1) is 12.0. The van der Waals surface area contributed by atoms with Crippen molar-refractivity contribution in [1.29, 1.82) is 5.26 Å². The summed E-state index contributed by atoms with van der Waals surface area (Å²) in [4.78, 5) is 23.6. The van der Waals surface area contributed by atoms with E-state index in [1.54, 1.807) is 30.3 Å². The minimum Gasteiger partial charge on any atom is -0.481 e. The number of hydrogen-bond acceptors (Lipinski definition) is 5. The van der Waals surface area contributed by atoms with E-state index in [2.05, 4.69) is 5.32 Å². The second-order valence-corrected chi connectivity index (χ2v) is 5.35. The molecule has 6 nitrogen and oxygen atoms in total. The zero-order chi connectivity index (χ0) is 18.2. The van der Waals surface area contributed by atoms with E-state index in [9.17, 15) is 9.59 Å². The van der Waals surface area contributed by atoms with Gasteiger partial charge in [0.1, 0.15) is 11.8 Å². The van der Waals surface area contributed by atoms with Gasteiger partial charge >= 0.3 is 5.97 Å². The van der Waals surface area contributed by atoms with Crippen LogP contribution in [0.5, 0.6) is 5.75 Å². The van der Waals surface area contributed by atoms with Gasteiger partial charge in [0.15, 0.2) is 13.2 Å². The van der Waals surface area contributed by atoms with Crippen molar-refractivity contribution in [3.63, 3.8) is 0 Å². The molecular formula is C19H18N2O4. The van der Waals surface area contributed by atoms with Crippen LogP contribution in [0.15, 0.2) is 42.5 Å². The number of esters is 1. The molecule has 1 N–H and O–H groups in total. The summed E-state index contributed by atoms with van der Waals surface area (Å²) in [5.74, 6) is -0.829. The lowest BCUT2D eigenvalue weighted by Crippen LogP contribution is -2.24. The standard InChI is InChI=1S/C19H18N2O4/c1-13-6-5-8-16(14(13)2)21-18(22)11-25-19(23)12-24-17-9-4-3-7-15(17)10-20/h3-9H,11-12H2,1-2H3,(H,21,22). The summed E-state index contributed by atoms with van der Waals surface area (Å²) in [6, 6.07) is 14.1. The molecule has 2 aromatic carbocycles. The molecule has 0 bridgehead atoms. The quantitative estimate of drug-likeness (QED) is 0.818. The summed E-state index contributed by atoms with van der Waals surface area (Å²) in [7, 11) is 0. The molecule has 0 spiro atoms. The Kier molecular flexibility index (Phi) is 6.13. The molecule has 0 saturated carbocycles. The number of aryl methyl sites for hydroxylation is 1. The molecule has 0 radical (unpaired) electrons. The molecule has 0 aromatic heterocycles. The highest BCUT2D eigenvalue weighted by atomic mass is 16.6. The Hall–Kier alpha value is -3.33. The van der Waals surface area contributed by atoms with E-state index < -0.39 is 18.5 Å². The Morgan fingerprint density at radius 1 is 1.08 bits per heavy atom. The molecule has 1 amide bonds. The van der Waals surface area contributed by atoms with Crippen molar-refractivity contribution < 1.29 is 19.1 Å². The number of ether oxygens (including phenoxy) is 2. The Bertz CT molecular complexity index is 824. The first-order valence-electron chi connectivity index (χ1n) is 7.65. The lowest BCUT2D eigenvalue weighted by molar-refractivity contribution is -0.149. The summed E-state index contributed by atoms with van der Waals surface area (Å²) in [6.45, 7) is 3.06. The Labute approximate surface area is 146 Å². The summed E-state index contributed by atoms with van der Waals surface area (Å²) in [6.07, 6.45) is 0. The molecule has 0 atom stereocenters. The molecule has 2 aromatic rings. The second kappa shape index (κ2) is 8.50. The van der Waals surface area contributed by atoms with Gasteiger partial charge in [-0.1, -0.05) is 24.3 Å². The van der Waals surface area contributed by atoms with Crippen molar-refractivity contribution in [2.75, 3.05) is 18.5 Å². The van der Waals surface area contributed by atoms with E-state index in [-0.39, 0.29) is 6.61 Å². The van der Waals surface area contributed by atoms with Gasteiger partial charge in [-0.15, -0.1) is 0 Å². The minimum atomic E-state index is -0.691. The highest BCUT2D eigenvalue weighted by Crippen LogP contribution is 2.18. The number of nitrogens with zero attached hydrogens (tertiary/aromatic N) is 1. The van der Waals surface area contributed by atoms with Gasteiger partial charge in [-0.05, 0) is 43.2 Å². The van der Waals surface area contributed by atoms with Crippen LogP contribution >= 0.6 is 0 Å². The topological polar surface area (TPSA) is 88.4 Å². The van der Waals surface area contributed by atoms with Gasteiger partial charge in [0.25, 0.3) is 5.91 Å². The number of hydrogen-bond donors (Lipinski definition) is 1. The average Bonchev–Trinajstić information content (AvgIpc) is 2.62. The predicted octanol–water partition coefficient (Wildman–Crippen LogP) is 2.74. The number of carbonyl (C=O) groups excluding carboxylic acids is 2. The van der Waals surface area contributed by atoms with Crippen LogP contribution < -0.4 is 10.1 Å². The van der Waals surface area contributed by atoms with Crippen molar-refractivity contribution >= 4 is 17.6 Å². The fraction of sp³-hybridized carbons (Fsp3) is 0.211. The highest BCUT2D eigenvalue weighted by Gasteiger charge is 2.11. The van der Waals surface area contributed by atoms with Gasteiger partial charge in [-0.2, -0.15) is 5.26 Å². The SMILES string of the molecule is Cc1cccc(NC(=O)COC(=O)COc2ccccc2C#N)c1C. The third-order valence-corrected chi connectivity index (χ3v) is 3.60. The van der Waals surface area contributed by atoms with Gasteiger partial charge in [0.05, 0.1) is 5.56 Å². The molecule has 0 aliphatic rings. The molecule has 128 valence electrons. The normalized spacial score (nSPS) is 9.80. The maximum atomic E-state index is 11.9. The second-order valence-electron chi connectivity index (χ2n) is 5.35. The molecule has 0 heterocycles. The number of para-hydroxylation sites is 1. The maximum absolute atomic E-state index is 11.9. The maximum Gasteiger partial charge on any atom is 0.344 e. The summed E-state index contributed by atoms with van der Waals surface area (Å²) >= 11 is 0. The Morgan fingerprint density at radius 2 is 1.84 bits per heavy atom. The van der Waals surface area contributed by atoms with Crippen LogP contribution in [-0.2, 0) is 14.3 Å². The fourth-order valence-corrected chi connectivity index (χ4v) is 2.08. The van der Waals surface area contributed by atoms with Crippen molar-refractivity contribution in [3.05, 3.63) is 59.2 Å². The van der Waals surface area contributed by atoms with Gasteiger partial charge in [0.2, 0.25) is 0 Å². The molecule has 6 heteroatoms. The zero-order valence-corrected chi connectivity index (χ0v) is 14.0. The average molecular weight is 338 g/mol. The van der Waals surface area contributed by atoms with Crippen molar-refractivity contribution in [1.82, 2.24) is 0 Å². The zero-order valence-electron chi connectivity index (χ0n) is 14.0. The lowest BCUT2D eigenvalue weighted by atomic mass is 10.1. The smallest absolute Gasteiger partial charge is 0.344 e. The van der Waals surface area contributed by atoms with Gasteiger partial charge < -0.3 is 14.8 Å². The monoisotopic (exact) mass is 338 g/mol. The van der Waals surface area contributed by atoms with Gasteiger partial charge in [-0.25, -0.2) is 4.79 Å². The third-order valence-electron chi connectivity index (χ3n) is 3.60. The summed E-state index contributed by atoms with van der Waals surface area (Å²) in [5, 5.41) is 11.6. The van der Waals surface area contributed by atoms with Crippen LogP contribution in [0.4, 0.5) is 5.69 Å². The van der Waals surface area contributed by atoms with Crippen LogP contribution in [0, 0.1) is 25.2 Å². The van der Waals surface area contributed by atoms with Gasteiger partial charge in [-0.3, -0.25) is 4.79 Å². The predicted molar refractivity (Wildman–Crippen MR) is 92.2 cm³/mol. The minimum absolute atomic E-state index is 0.293. The van der Waals surface area contributed by atoms with Crippen LogP contribution in [0.25, 0.3) is 0 Å². The lowest BCUT2D eigenvalue weighted by Gasteiger charge is -2.11. The molecule has 0 aliphatic heterocycles. The van der Waals surface area contributed by atoms with Crippen molar-refractivity contribution in [2.45, 2.75) is 13.8 Å². The molecule has 0 saturated heterocycles. The number of nitriles is 1. The number of nitrogens with one attached hydrogen (secondary N) is 1. The molecule has 0 aliphatic carbocycles.